The van der Waals surface area contributed by atoms with Gasteiger partial charge in [0.2, 0.25) is 5.91 Å². The normalized spacial score (nSPS) is 25.7. The topological polar surface area (TPSA) is 41.4 Å². The van der Waals surface area contributed by atoms with E-state index in [9.17, 15) is 4.79 Å². The van der Waals surface area contributed by atoms with Crippen molar-refractivity contribution in [3.05, 3.63) is 34.8 Å². The summed E-state index contributed by atoms with van der Waals surface area (Å²) in [6, 6.07) is 4.27. The minimum Gasteiger partial charge on any atom is -0.309 e. The Morgan fingerprint density at radius 1 is 1.41 bits per heavy atom. The maximum Gasteiger partial charge on any atom is 0.231 e. The van der Waals surface area contributed by atoms with Crippen molar-refractivity contribution >= 4 is 22.9 Å². The molecule has 0 aromatic carbocycles. The van der Waals surface area contributed by atoms with E-state index in [2.05, 4.69) is 27.5 Å². The molecule has 2 aliphatic rings. The van der Waals surface area contributed by atoms with Crippen LogP contribution in [0.2, 0.25) is 0 Å². The van der Waals surface area contributed by atoms with E-state index < -0.39 is 0 Å². The van der Waals surface area contributed by atoms with Crippen molar-refractivity contribution in [1.82, 2.24) is 14.7 Å². The van der Waals surface area contributed by atoms with Crippen LogP contribution in [-0.2, 0) is 18.4 Å². The Kier molecular flexibility index (Phi) is 3.50. The summed E-state index contributed by atoms with van der Waals surface area (Å²) in [6.07, 6.45) is 4.80. The summed E-state index contributed by atoms with van der Waals surface area (Å²) >= 11 is 1.80. The van der Waals surface area contributed by atoms with Crippen molar-refractivity contribution in [2.24, 2.45) is 18.9 Å². The number of rotatable bonds is 3. The third-order valence-electron chi connectivity index (χ3n) is 4.79. The molecule has 0 saturated carbocycles. The number of aryl methyl sites for hydroxylation is 1. The van der Waals surface area contributed by atoms with E-state index in [0.29, 0.717) is 5.92 Å². The molecule has 2 aliphatic heterocycles. The van der Waals surface area contributed by atoms with E-state index in [1.54, 1.807) is 22.2 Å². The Bertz CT molecular complexity index is 666. The fourth-order valence-corrected chi connectivity index (χ4v) is 4.44. The Labute approximate surface area is 134 Å². The van der Waals surface area contributed by atoms with Crippen molar-refractivity contribution < 1.29 is 4.79 Å². The Morgan fingerprint density at radius 2 is 2.32 bits per heavy atom. The van der Waals surface area contributed by atoms with Crippen LogP contribution in [0, 0.1) is 11.8 Å². The summed E-state index contributed by atoms with van der Waals surface area (Å²) in [6.45, 7) is 3.73. The average Bonchev–Trinajstić information content (AvgIpc) is 3.21. The summed E-state index contributed by atoms with van der Waals surface area (Å²) < 4.78 is 1.76. The minimum absolute atomic E-state index is 0.147. The minimum atomic E-state index is 0.147. The molecule has 0 bridgehead atoms. The summed E-state index contributed by atoms with van der Waals surface area (Å²) in [5, 5.41) is 6.31. The zero-order valence-corrected chi connectivity index (χ0v) is 13.5. The number of thiophene rings is 1. The summed E-state index contributed by atoms with van der Waals surface area (Å²) in [4.78, 5) is 18.6. The molecule has 2 aromatic heterocycles. The van der Waals surface area contributed by atoms with E-state index in [-0.39, 0.29) is 11.8 Å². The molecule has 0 aliphatic carbocycles. The van der Waals surface area contributed by atoms with Gasteiger partial charge in [-0.1, -0.05) is 6.07 Å². The number of hydrogen-bond acceptors (Lipinski definition) is 4. The van der Waals surface area contributed by atoms with Crippen LogP contribution in [0.25, 0.3) is 0 Å². The van der Waals surface area contributed by atoms with E-state index in [1.165, 1.54) is 4.88 Å². The fraction of sp³-hybridized carbons (Fsp3) is 0.500. The molecule has 5 nitrogen and oxygen atoms in total. The summed E-state index contributed by atoms with van der Waals surface area (Å²) in [7, 11) is 1.89. The molecule has 116 valence electrons. The number of fused-ring (bicyclic) bond motifs is 1. The van der Waals surface area contributed by atoms with Crippen molar-refractivity contribution in [2.75, 3.05) is 24.5 Å². The van der Waals surface area contributed by atoms with Crippen LogP contribution in [0.15, 0.2) is 29.9 Å². The third kappa shape index (κ3) is 2.46. The first-order chi connectivity index (χ1) is 10.7. The standard InChI is InChI=1S/C16H20N4OS/c1-18-9-13(7-17-18)20-5-4-12-8-19(11-15(12)16(20)21)10-14-3-2-6-22-14/h2-3,6-7,9,12,15H,4-5,8,10-11H2,1H3/t12-,15+/m0/s1. The first kappa shape index (κ1) is 14.0. The monoisotopic (exact) mass is 316 g/mol. The molecular formula is C16H20N4OS. The molecule has 1 amide bonds. The molecular weight excluding hydrogens is 296 g/mol. The average molecular weight is 316 g/mol. The molecule has 4 heterocycles. The number of piperidine rings is 1. The molecule has 2 fully saturated rings. The van der Waals surface area contributed by atoms with Crippen molar-refractivity contribution in [2.45, 2.75) is 13.0 Å². The van der Waals surface area contributed by atoms with Crippen molar-refractivity contribution in [3.8, 4) is 0 Å². The smallest absolute Gasteiger partial charge is 0.231 e. The lowest BCUT2D eigenvalue weighted by molar-refractivity contribution is -0.124. The van der Waals surface area contributed by atoms with Gasteiger partial charge in [0.05, 0.1) is 17.8 Å². The van der Waals surface area contributed by atoms with Gasteiger partial charge in [0, 0.05) is 44.3 Å². The van der Waals surface area contributed by atoms with Crippen LogP contribution in [0.4, 0.5) is 5.69 Å². The molecule has 22 heavy (non-hydrogen) atoms. The molecule has 2 atom stereocenters. The first-order valence-corrected chi connectivity index (χ1v) is 8.63. The molecule has 0 radical (unpaired) electrons. The number of nitrogens with zero attached hydrogens (tertiary/aromatic N) is 4. The quantitative estimate of drug-likeness (QED) is 0.869. The van der Waals surface area contributed by atoms with Gasteiger partial charge in [0.1, 0.15) is 0 Å². The molecule has 2 aromatic rings. The predicted molar refractivity (Wildman–Crippen MR) is 86.8 cm³/mol. The molecule has 6 heteroatoms. The molecule has 0 N–H and O–H groups in total. The second kappa shape index (κ2) is 5.52. The zero-order chi connectivity index (χ0) is 15.1. The van der Waals surface area contributed by atoms with Crippen LogP contribution >= 0.6 is 11.3 Å². The third-order valence-corrected chi connectivity index (χ3v) is 5.65. The number of hydrogen-bond donors (Lipinski definition) is 0. The van der Waals surface area contributed by atoms with E-state index in [4.69, 9.17) is 0 Å². The highest BCUT2D eigenvalue weighted by atomic mass is 32.1. The highest BCUT2D eigenvalue weighted by molar-refractivity contribution is 7.09. The van der Waals surface area contributed by atoms with Crippen LogP contribution in [0.3, 0.4) is 0 Å². The number of amides is 1. The lowest BCUT2D eigenvalue weighted by Crippen LogP contribution is -2.45. The van der Waals surface area contributed by atoms with Gasteiger partial charge in [-0.3, -0.25) is 14.4 Å². The maximum atomic E-state index is 12.8. The predicted octanol–water partition coefficient (Wildman–Crippen LogP) is 1.97. The Hall–Kier alpha value is -1.66. The highest BCUT2D eigenvalue weighted by Crippen LogP contribution is 2.35. The van der Waals surface area contributed by atoms with Crippen LogP contribution in [-0.4, -0.2) is 40.2 Å². The first-order valence-electron chi connectivity index (χ1n) is 7.75. The Balaban J connectivity index is 1.47. The van der Waals surface area contributed by atoms with E-state index in [0.717, 1.165) is 38.3 Å². The number of anilines is 1. The Morgan fingerprint density at radius 3 is 3.05 bits per heavy atom. The maximum absolute atomic E-state index is 12.8. The molecule has 0 spiro atoms. The van der Waals surface area contributed by atoms with Gasteiger partial charge in [-0.05, 0) is 23.8 Å². The van der Waals surface area contributed by atoms with Gasteiger partial charge in [0.25, 0.3) is 0 Å². The summed E-state index contributed by atoms with van der Waals surface area (Å²) in [5.74, 6) is 0.937. The second-order valence-corrected chi connectivity index (χ2v) is 7.32. The van der Waals surface area contributed by atoms with Gasteiger partial charge >= 0.3 is 0 Å². The number of carbonyl (C=O) groups is 1. The van der Waals surface area contributed by atoms with Gasteiger partial charge in [-0.15, -0.1) is 11.3 Å². The zero-order valence-electron chi connectivity index (χ0n) is 12.7. The van der Waals surface area contributed by atoms with Gasteiger partial charge in [0.15, 0.2) is 0 Å². The lowest BCUT2D eigenvalue weighted by Gasteiger charge is -2.32. The van der Waals surface area contributed by atoms with Crippen molar-refractivity contribution in [1.29, 1.82) is 0 Å². The number of aromatic nitrogens is 2. The molecule has 2 saturated heterocycles. The van der Waals surface area contributed by atoms with Crippen LogP contribution in [0.1, 0.15) is 11.3 Å². The highest BCUT2D eigenvalue weighted by Gasteiger charge is 2.43. The van der Waals surface area contributed by atoms with E-state index >= 15 is 0 Å². The second-order valence-electron chi connectivity index (χ2n) is 6.29. The lowest BCUT2D eigenvalue weighted by atomic mass is 9.88. The van der Waals surface area contributed by atoms with Crippen LogP contribution < -0.4 is 4.90 Å². The number of likely N-dealkylation sites (tertiary alicyclic amines) is 1. The van der Waals surface area contributed by atoms with Gasteiger partial charge in [-0.2, -0.15) is 5.10 Å². The SMILES string of the molecule is Cn1cc(N2CC[C@H]3CN(Cc4cccs4)C[C@H]3C2=O)cn1. The largest absolute Gasteiger partial charge is 0.309 e. The van der Waals surface area contributed by atoms with Gasteiger partial charge in [-0.25, -0.2) is 0 Å². The fourth-order valence-electron chi connectivity index (χ4n) is 3.69. The van der Waals surface area contributed by atoms with Crippen LogP contribution in [0.5, 0.6) is 0 Å². The van der Waals surface area contributed by atoms with Gasteiger partial charge < -0.3 is 4.90 Å². The van der Waals surface area contributed by atoms with Crippen molar-refractivity contribution in [3.63, 3.8) is 0 Å². The van der Waals surface area contributed by atoms with E-state index in [1.807, 2.05) is 18.1 Å². The molecule has 0 unspecified atom stereocenters. The number of carbonyl (C=O) groups excluding carboxylic acids is 1. The molecule has 4 rings (SSSR count). The summed E-state index contributed by atoms with van der Waals surface area (Å²) in [5.41, 5.74) is 0.933.